The first-order valence-electron chi connectivity index (χ1n) is 7.67. The second-order valence-corrected chi connectivity index (χ2v) is 5.89. The van der Waals surface area contributed by atoms with Crippen LogP contribution in [0.15, 0.2) is 24.3 Å². The highest BCUT2D eigenvalue weighted by Crippen LogP contribution is 2.29. The SMILES string of the molecule is Cc1cccc(CCC(=O)N2CCn3c(nnc3C(F)(F)F)C2)c1. The Kier molecular flexibility index (Phi) is 4.29. The van der Waals surface area contributed by atoms with Crippen molar-refractivity contribution in [3.63, 3.8) is 0 Å². The average Bonchev–Trinajstić information content (AvgIpc) is 2.96. The Labute approximate surface area is 137 Å². The number of halogens is 3. The van der Waals surface area contributed by atoms with E-state index in [9.17, 15) is 18.0 Å². The summed E-state index contributed by atoms with van der Waals surface area (Å²) in [6.45, 7) is 2.35. The molecule has 1 aromatic carbocycles. The lowest BCUT2D eigenvalue weighted by molar-refractivity contribution is -0.148. The van der Waals surface area contributed by atoms with Crippen LogP contribution in [0.3, 0.4) is 0 Å². The molecule has 0 fully saturated rings. The summed E-state index contributed by atoms with van der Waals surface area (Å²) < 4.78 is 39.5. The molecule has 1 amide bonds. The summed E-state index contributed by atoms with van der Waals surface area (Å²) >= 11 is 0. The highest BCUT2D eigenvalue weighted by molar-refractivity contribution is 5.76. The quantitative estimate of drug-likeness (QED) is 0.864. The molecule has 0 N–H and O–H groups in total. The normalized spacial score (nSPS) is 14.6. The second kappa shape index (κ2) is 6.26. The first-order valence-corrected chi connectivity index (χ1v) is 7.67. The van der Waals surface area contributed by atoms with Crippen LogP contribution in [-0.2, 0) is 30.5 Å². The van der Waals surface area contributed by atoms with Crippen LogP contribution in [0, 0.1) is 6.92 Å². The molecule has 0 spiro atoms. The van der Waals surface area contributed by atoms with E-state index in [0.717, 1.165) is 15.7 Å². The fourth-order valence-corrected chi connectivity index (χ4v) is 2.86. The number of hydrogen-bond donors (Lipinski definition) is 0. The summed E-state index contributed by atoms with van der Waals surface area (Å²) in [6, 6.07) is 7.91. The molecule has 2 aromatic rings. The van der Waals surface area contributed by atoms with Gasteiger partial charge >= 0.3 is 6.18 Å². The molecule has 2 heterocycles. The van der Waals surface area contributed by atoms with Crippen molar-refractivity contribution in [2.75, 3.05) is 6.54 Å². The minimum atomic E-state index is -4.53. The van der Waals surface area contributed by atoms with E-state index in [1.54, 1.807) is 4.90 Å². The third-order valence-electron chi connectivity index (χ3n) is 4.07. The lowest BCUT2D eigenvalue weighted by Gasteiger charge is -2.28. The zero-order chi connectivity index (χ0) is 17.3. The zero-order valence-electron chi connectivity index (χ0n) is 13.2. The number of carbonyl (C=O) groups is 1. The number of hydrogen-bond acceptors (Lipinski definition) is 3. The molecular formula is C16H17F3N4O. The van der Waals surface area contributed by atoms with Crippen LogP contribution in [0.2, 0.25) is 0 Å². The molecule has 0 bridgehead atoms. The van der Waals surface area contributed by atoms with E-state index >= 15 is 0 Å². The first kappa shape index (κ1) is 16.5. The smallest absolute Gasteiger partial charge is 0.333 e. The van der Waals surface area contributed by atoms with Crippen LogP contribution in [0.5, 0.6) is 0 Å². The summed E-state index contributed by atoms with van der Waals surface area (Å²) in [5.74, 6) is -0.902. The van der Waals surface area contributed by atoms with Gasteiger partial charge in [-0.05, 0) is 18.9 Å². The Morgan fingerprint density at radius 2 is 2.04 bits per heavy atom. The lowest BCUT2D eigenvalue weighted by atomic mass is 10.1. The van der Waals surface area contributed by atoms with Gasteiger partial charge in [0.1, 0.15) is 0 Å². The molecule has 0 aliphatic carbocycles. The number of amides is 1. The molecule has 1 aliphatic heterocycles. The van der Waals surface area contributed by atoms with Crippen LogP contribution >= 0.6 is 0 Å². The summed E-state index contributed by atoms with van der Waals surface area (Å²) in [5.41, 5.74) is 2.20. The van der Waals surface area contributed by atoms with Gasteiger partial charge in [-0.25, -0.2) is 0 Å². The molecule has 1 aliphatic rings. The van der Waals surface area contributed by atoms with E-state index in [-0.39, 0.29) is 31.4 Å². The van der Waals surface area contributed by atoms with Crippen molar-refractivity contribution in [1.82, 2.24) is 19.7 Å². The van der Waals surface area contributed by atoms with Gasteiger partial charge in [-0.3, -0.25) is 4.79 Å². The van der Waals surface area contributed by atoms with Gasteiger partial charge in [-0.15, -0.1) is 10.2 Å². The maximum absolute atomic E-state index is 12.8. The number of aromatic nitrogens is 3. The maximum Gasteiger partial charge on any atom is 0.451 e. The van der Waals surface area contributed by atoms with Crippen molar-refractivity contribution in [1.29, 1.82) is 0 Å². The van der Waals surface area contributed by atoms with Crippen molar-refractivity contribution in [2.24, 2.45) is 0 Å². The lowest BCUT2D eigenvalue weighted by Crippen LogP contribution is -2.39. The highest BCUT2D eigenvalue weighted by atomic mass is 19.4. The summed E-state index contributed by atoms with van der Waals surface area (Å²) in [5, 5.41) is 6.80. The van der Waals surface area contributed by atoms with Crippen molar-refractivity contribution >= 4 is 5.91 Å². The molecule has 0 radical (unpaired) electrons. The molecule has 0 saturated heterocycles. The topological polar surface area (TPSA) is 51.0 Å². The Hall–Kier alpha value is -2.38. The minimum absolute atomic E-state index is 0.0629. The fraction of sp³-hybridized carbons (Fsp3) is 0.438. The van der Waals surface area contributed by atoms with Gasteiger partial charge in [-0.1, -0.05) is 29.8 Å². The fourth-order valence-electron chi connectivity index (χ4n) is 2.86. The van der Waals surface area contributed by atoms with E-state index in [1.165, 1.54) is 0 Å². The predicted octanol–water partition coefficient (Wildman–Crippen LogP) is 2.58. The highest BCUT2D eigenvalue weighted by Gasteiger charge is 2.39. The Balaban J connectivity index is 1.63. The van der Waals surface area contributed by atoms with Crippen LogP contribution < -0.4 is 0 Å². The van der Waals surface area contributed by atoms with Crippen molar-refractivity contribution in [3.8, 4) is 0 Å². The van der Waals surface area contributed by atoms with Crippen molar-refractivity contribution < 1.29 is 18.0 Å². The number of nitrogens with zero attached hydrogens (tertiary/aromatic N) is 4. The zero-order valence-corrected chi connectivity index (χ0v) is 13.2. The van der Waals surface area contributed by atoms with Gasteiger partial charge in [0.25, 0.3) is 0 Å². The third kappa shape index (κ3) is 3.42. The standard InChI is InChI=1S/C16H17F3N4O/c1-11-3-2-4-12(9-11)5-6-14(24)22-7-8-23-13(10-22)20-21-15(23)16(17,18)19/h2-4,9H,5-8,10H2,1H3. The molecular weight excluding hydrogens is 321 g/mol. The number of aryl methyl sites for hydroxylation is 2. The van der Waals surface area contributed by atoms with Crippen LogP contribution in [0.4, 0.5) is 13.2 Å². The van der Waals surface area contributed by atoms with Crippen molar-refractivity contribution in [3.05, 3.63) is 47.0 Å². The van der Waals surface area contributed by atoms with Crippen molar-refractivity contribution in [2.45, 2.75) is 39.0 Å². The van der Waals surface area contributed by atoms with Gasteiger partial charge < -0.3 is 9.47 Å². The largest absolute Gasteiger partial charge is 0.451 e. The van der Waals surface area contributed by atoms with Crippen LogP contribution in [0.25, 0.3) is 0 Å². The molecule has 8 heteroatoms. The molecule has 0 unspecified atom stereocenters. The Bertz CT molecular complexity index is 754. The van der Waals surface area contributed by atoms with E-state index in [1.807, 2.05) is 31.2 Å². The second-order valence-electron chi connectivity index (χ2n) is 5.89. The number of rotatable bonds is 3. The molecule has 0 atom stereocenters. The van der Waals surface area contributed by atoms with Gasteiger partial charge in [-0.2, -0.15) is 13.2 Å². The molecule has 3 rings (SSSR count). The number of carbonyl (C=O) groups excluding carboxylic acids is 1. The summed E-state index contributed by atoms with van der Waals surface area (Å²) in [6.07, 6.45) is -3.59. The minimum Gasteiger partial charge on any atom is -0.333 e. The van der Waals surface area contributed by atoms with Crippen LogP contribution in [-0.4, -0.2) is 32.1 Å². The van der Waals surface area contributed by atoms with Gasteiger partial charge in [0, 0.05) is 19.5 Å². The number of benzene rings is 1. The molecule has 128 valence electrons. The maximum atomic E-state index is 12.8. The first-order chi connectivity index (χ1) is 11.3. The van der Waals surface area contributed by atoms with E-state index in [2.05, 4.69) is 10.2 Å². The average molecular weight is 338 g/mol. The summed E-state index contributed by atoms with van der Waals surface area (Å²) in [4.78, 5) is 13.9. The van der Waals surface area contributed by atoms with Gasteiger partial charge in [0.2, 0.25) is 11.7 Å². The molecule has 24 heavy (non-hydrogen) atoms. The molecule has 0 saturated carbocycles. The summed E-state index contributed by atoms with van der Waals surface area (Å²) in [7, 11) is 0. The third-order valence-corrected chi connectivity index (χ3v) is 4.07. The Morgan fingerprint density at radius 1 is 1.25 bits per heavy atom. The van der Waals surface area contributed by atoms with Gasteiger partial charge in [0.15, 0.2) is 5.82 Å². The predicted molar refractivity (Wildman–Crippen MR) is 79.9 cm³/mol. The Morgan fingerprint density at radius 3 is 2.75 bits per heavy atom. The van der Waals surface area contributed by atoms with Crippen LogP contribution in [0.1, 0.15) is 29.2 Å². The molecule has 5 nitrogen and oxygen atoms in total. The van der Waals surface area contributed by atoms with E-state index < -0.39 is 12.0 Å². The molecule has 1 aromatic heterocycles. The van der Waals surface area contributed by atoms with Gasteiger partial charge in [0.05, 0.1) is 6.54 Å². The number of alkyl halides is 3. The monoisotopic (exact) mass is 338 g/mol. The number of fused-ring (bicyclic) bond motifs is 1. The van der Waals surface area contributed by atoms with E-state index in [4.69, 9.17) is 0 Å². The van der Waals surface area contributed by atoms with E-state index in [0.29, 0.717) is 12.8 Å².